The van der Waals surface area contributed by atoms with Crippen molar-refractivity contribution < 1.29 is 28.9 Å². The van der Waals surface area contributed by atoms with E-state index in [4.69, 9.17) is 14.2 Å². The number of ether oxygens (including phenoxy) is 3. The van der Waals surface area contributed by atoms with Gasteiger partial charge in [-0.1, -0.05) is 109 Å². The normalized spacial score (nSPS) is 20.2. The lowest BCUT2D eigenvalue weighted by molar-refractivity contribution is -0.189. The highest BCUT2D eigenvalue weighted by Crippen LogP contribution is 2.42. The lowest BCUT2D eigenvalue weighted by atomic mass is 9.76. The number of carbonyl (C=O) groups is 2. The van der Waals surface area contributed by atoms with Crippen LogP contribution in [0.15, 0.2) is 91.0 Å². The van der Waals surface area contributed by atoms with Gasteiger partial charge in [-0.3, -0.25) is 15.0 Å². The summed E-state index contributed by atoms with van der Waals surface area (Å²) in [5, 5.41) is 14.3. The van der Waals surface area contributed by atoms with Crippen LogP contribution >= 0.6 is 11.8 Å². The maximum Gasteiger partial charge on any atom is 0.357 e. The van der Waals surface area contributed by atoms with Crippen LogP contribution in [-0.2, 0) is 29.3 Å². The molecule has 3 aromatic carbocycles. The molecule has 0 bridgehead atoms. The Hall–Kier alpha value is -3.65. The van der Waals surface area contributed by atoms with E-state index in [-0.39, 0.29) is 6.10 Å². The lowest BCUT2D eigenvalue weighted by Crippen LogP contribution is -2.75. The first-order chi connectivity index (χ1) is 22.1. The summed E-state index contributed by atoms with van der Waals surface area (Å²) in [4.78, 5) is 28.5. The van der Waals surface area contributed by atoms with Gasteiger partial charge in [-0.25, -0.2) is 4.79 Å². The summed E-state index contributed by atoms with van der Waals surface area (Å²) < 4.78 is 17.4. The first-order valence-corrected chi connectivity index (χ1v) is 16.6. The molecule has 8 nitrogen and oxygen atoms in total. The van der Waals surface area contributed by atoms with Crippen molar-refractivity contribution in [3.63, 3.8) is 0 Å². The number of aliphatic hydroxyl groups is 1. The van der Waals surface area contributed by atoms with Gasteiger partial charge in [-0.15, -0.1) is 5.92 Å². The number of amides is 1. The van der Waals surface area contributed by atoms with E-state index in [0.29, 0.717) is 13.2 Å². The summed E-state index contributed by atoms with van der Waals surface area (Å²) in [7, 11) is 0. The fraction of sp³-hybridized carbons (Fsp3) is 0.405. The van der Waals surface area contributed by atoms with Crippen molar-refractivity contribution in [2.45, 2.75) is 80.9 Å². The quantitative estimate of drug-likeness (QED) is 0.0988. The van der Waals surface area contributed by atoms with E-state index < -0.39 is 46.1 Å². The Kier molecular flexibility index (Phi) is 10.9. The zero-order valence-corrected chi connectivity index (χ0v) is 27.5. The number of β-lactam (4-membered cyclic amide) rings is 1. The number of rotatable bonds is 11. The molecule has 2 saturated heterocycles. The molecular weight excluding hydrogens is 600 g/mol. The van der Waals surface area contributed by atoms with E-state index in [1.165, 1.54) is 16.7 Å². The first-order valence-electron chi connectivity index (χ1n) is 15.6. The number of carbonyl (C=O) groups excluding carboxylic acids is 2. The standard InChI is InChI=1S/C37H42N2O6S/c1-5-15-30(44-29-22-24-43-25-23-29)46-34-31(32(40)39(34)33(41)35(42)45-36(2,3)4)38-37(26-16-9-6-10-17-26,27-18-11-7-12-19-27)28-20-13-8-14-21-28/h6-14,16-21,29-31,33-34,38,41H,22-25H2,1-4H3. The number of esters is 1. The second-order valence-electron chi connectivity index (χ2n) is 12.3. The Morgan fingerprint density at radius 1 is 0.935 bits per heavy atom. The van der Waals surface area contributed by atoms with Gasteiger partial charge in [0.25, 0.3) is 0 Å². The summed E-state index contributed by atoms with van der Waals surface area (Å²) in [6.07, 6.45) is -0.399. The maximum atomic E-state index is 14.2. The molecule has 0 spiro atoms. The monoisotopic (exact) mass is 642 g/mol. The van der Waals surface area contributed by atoms with Crippen molar-refractivity contribution in [1.29, 1.82) is 0 Å². The molecule has 3 aromatic rings. The van der Waals surface area contributed by atoms with Crippen LogP contribution in [0.25, 0.3) is 0 Å². The summed E-state index contributed by atoms with van der Waals surface area (Å²) in [6, 6.07) is 29.1. The first kappa shape index (κ1) is 33.7. The molecule has 2 fully saturated rings. The highest BCUT2D eigenvalue weighted by Gasteiger charge is 2.57. The predicted octanol–water partition coefficient (Wildman–Crippen LogP) is 5.04. The second-order valence-corrected chi connectivity index (χ2v) is 13.5. The van der Waals surface area contributed by atoms with Gasteiger partial charge in [0, 0.05) is 13.2 Å². The number of nitrogens with zero attached hydrogens (tertiary/aromatic N) is 1. The summed E-state index contributed by atoms with van der Waals surface area (Å²) in [5.74, 6) is 4.76. The number of hydrogen-bond acceptors (Lipinski definition) is 8. The van der Waals surface area contributed by atoms with Crippen LogP contribution in [0.2, 0.25) is 0 Å². The molecule has 1 amide bonds. The van der Waals surface area contributed by atoms with Crippen molar-refractivity contribution in [1.82, 2.24) is 10.2 Å². The van der Waals surface area contributed by atoms with E-state index >= 15 is 0 Å². The Labute approximate surface area is 275 Å². The minimum absolute atomic E-state index is 0.0597. The SMILES string of the molecule is CC#CC(OC1CCOCC1)SC1C(NC(c2ccccc2)(c2ccccc2)c2ccccc2)C(=O)N1C(O)C(=O)OC(C)(C)C. The van der Waals surface area contributed by atoms with Gasteiger partial charge in [0.15, 0.2) is 5.44 Å². The third-order valence-electron chi connectivity index (χ3n) is 7.96. The molecule has 2 aliphatic heterocycles. The second kappa shape index (κ2) is 14.8. The van der Waals surface area contributed by atoms with Crippen molar-refractivity contribution in [2.75, 3.05) is 13.2 Å². The molecule has 0 aliphatic carbocycles. The van der Waals surface area contributed by atoms with Gasteiger partial charge in [0.1, 0.15) is 17.0 Å². The molecular formula is C37H42N2O6S. The van der Waals surface area contributed by atoms with Crippen molar-refractivity contribution in [3.05, 3.63) is 108 Å². The van der Waals surface area contributed by atoms with Crippen LogP contribution in [0.5, 0.6) is 0 Å². The average Bonchev–Trinajstić information content (AvgIpc) is 3.06. The lowest BCUT2D eigenvalue weighted by Gasteiger charge is -2.52. The van der Waals surface area contributed by atoms with Crippen molar-refractivity contribution >= 4 is 23.6 Å². The molecule has 242 valence electrons. The van der Waals surface area contributed by atoms with Crippen molar-refractivity contribution in [2.24, 2.45) is 0 Å². The van der Waals surface area contributed by atoms with E-state index in [1.807, 2.05) is 91.0 Å². The van der Waals surface area contributed by atoms with Crippen molar-refractivity contribution in [3.8, 4) is 11.8 Å². The van der Waals surface area contributed by atoms with E-state index in [9.17, 15) is 14.7 Å². The minimum Gasteiger partial charge on any atom is -0.457 e. The number of likely N-dealkylation sites (tertiary alicyclic amines) is 1. The summed E-state index contributed by atoms with van der Waals surface area (Å²) in [5.41, 5.74) is 0.357. The predicted molar refractivity (Wildman–Crippen MR) is 178 cm³/mol. The van der Waals surface area contributed by atoms with E-state index in [0.717, 1.165) is 29.5 Å². The highest BCUT2D eigenvalue weighted by molar-refractivity contribution is 8.00. The zero-order valence-electron chi connectivity index (χ0n) is 26.7. The Bertz CT molecular complexity index is 1420. The molecule has 2 N–H and O–H groups in total. The molecule has 0 radical (unpaired) electrons. The molecule has 2 heterocycles. The van der Waals surface area contributed by atoms with Crippen LogP contribution in [0.4, 0.5) is 0 Å². The van der Waals surface area contributed by atoms with Gasteiger partial charge in [-0.2, -0.15) is 0 Å². The molecule has 5 rings (SSSR count). The largest absolute Gasteiger partial charge is 0.457 e. The number of hydrogen-bond donors (Lipinski definition) is 2. The van der Waals surface area contributed by atoms with Crippen LogP contribution in [0, 0.1) is 11.8 Å². The number of benzene rings is 3. The van der Waals surface area contributed by atoms with Crippen LogP contribution in [-0.4, -0.2) is 69.9 Å². The number of nitrogens with one attached hydrogen (secondary N) is 1. The van der Waals surface area contributed by atoms with Crippen LogP contribution in [0.3, 0.4) is 0 Å². The van der Waals surface area contributed by atoms with Gasteiger partial charge in [0.05, 0.1) is 11.6 Å². The topological polar surface area (TPSA) is 97.3 Å². The van der Waals surface area contributed by atoms with Gasteiger partial charge in [0.2, 0.25) is 12.1 Å². The number of aliphatic hydroxyl groups excluding tert-OH is 1. The average molecular weight is 643 g/mol. The molecule has 9 heteroatoms. The highest BCUT2D eigenvalue weighted by atomic mass is 32.2. The van der Waals surface area contributed by atoms with Crippen LogP contribution < -0.4 is 5.32 Å². The third kappa shape index (κ3) is 7.49. The molecule has 4 unspecified atom stereocenters. The maximum absolute atomic E-state index is 14.2. The smallest absolute Gasteiger partial charge is 0.357 e. The fourth-order valence-corrected chi connectivity index (χ4v) is 7.22. The van der Waals surface area contributed by atoms with Gasteiger partial charge < -0.3 is 19.3 Å². The summed E-state index contributed by atoms with van der Waals surface area (Å²) in [6.45, 7) is 8.09. The molecule has 0 aromatic heterocycles. The fourth-order valence-electron chi connectivity index (χ4n) is 5.87. The Morgan fingerprint density at radius 2 is 1.43 bits per heavy atom. The van der Waals surface area contributed by atoms with E-state index in [1.54, 1.807) is 27.7 Å². The Morgan fingerprint density at radius 3 is 1.89 bits per heavy atom. The molecule has 46 heavy (non-hydrogen) atoms. The van der Waals surface area contributed by atoms with E-state index in [2.05, 4.69) is 17.2 Å². The van der Waals surface area contributed by atoms with Crippen LogP contribution in [0.1, 0.15) is 57.2 Å². The molecule has 4 atom stereocenters. The van der Waals surface area contributed by atoms with Gasteiger partial charge >= 0.3 is 5.97 Å². The zero-order chi connectivity index (χ0) is 32.7. The summed E-state index contributed by atoms with van der Waals surface area (Å²) >= 11 is 1.30. The van der Waals surface area contributed by atoms with Gasteiger partial charge in [-0.05, 0) is 57.2 Å². The Balaban J connectivity index is 1.57. The third-order valence-corrected chi connectivity index (χ3v) is 9.22. The molecule has 2 aliphatic rings. The number of thioether (sulfide) groups is 1. The minimum atomic E-state index is -1.81. The molecule has 0 saturated carbocycles.